The van der Waals surface area contributed by atoms with Gasteiger partial charge >= 0.3 is 0 Å². The molecule has 2 aromatic rings. The van der Waals surface area contributed by atoms with Gasteiger partial charge in [0.1, 0.15) is 5.75 Å². The van der Waals surface area contributed by atoms with Gasteiger partial charge in [0.15, 0.2) is 0 Å². The number of benzene rings is 1. The van der Waals surface area contributed by atoms with Crippen molar-refractivity contribution in [3.63, 3.8) is 0 Å². The summed E-state index contributed by atoms with van der Waals surface area (Å²) in [6, 6.07) is 10.1. The summed E-state index contributed by atoms with van der Waals surface area (Å²) < 4.78 is 6.11. The molecule has 6 nitrogen and oxygen atoms in total. The van der Waals surface area contributed by atoms with Gasteiger partial charge < -0.3 is 19.9 Å². The topological polar surface area (TPSA) is 57.7 Å². The lowest BCUT2D eigenvalue weighted by atomic mass is 10.1. The van der Waals surface area contributed by atoms with Crippen LogP contribution in [0.1, 0.15) is 23.1 Å². The number of carbonyl (C=O) groups excluding carboxylic acids is 1. The van der Waals surface area contributed by atoms with E-state index in [2.05, 4.69) is 34.2 Å². The predicted molar refractivity (Wildman–Crippen MR) is 111 cm³/mol. The maximum absolute atomic E-state index is 12.5. The van der Waals surface area contributed by atoms with Crippen molar-refractivity contribution in [2.24, 2.45) is 0 Å². The molecule has 0 radical (unpaired) electrons. The maximum atomic E-state index is 12.5. The molecule has 0 spiro atoms. The van der Waals surface area contributed by atoms with Gasteiger partial charge in [0.2, 0.25) is 11.8 Å². The Morgan fingerprint density at radius 1 is 1.18 bits per heavy atom. The average molecular weight is 383 g/mol. The van der Waals surface area contributed by atoms with Gasteiger partial charge in [0.05, 0.1) is 0 Å². The summed E-state index contributed by atoms with van der Waals surface area (Å²) in [5.41, 5.74) is 2.99. The van der Waals surface area contributed by atoms with Gasteiger partial charge in [0.25, 0.3) is 0 Å². The van der Waals surface area contributed by atoms with Crippen LogP contribution in [-0.4, -0.2) is 60.5 Å². The van der Waals surface area contributed by atoms with Crippen LogP contribution in [0.25, 0.3) is 0 Å². The van der Waals surface area contributed by atoms with Crippen LogP contribution in [0.3, 0.4) is 0 Å². The number of rotatable bonds is 6. The van der Waals surface area contributed by atoms with E-state index in [0.717, 1.165) is 42.1 Å². The smallest absolute Gasteiger partial charge is 0.224 e. The molecule has 0 aliphatic carbocycles. The molecule has 1 aliphatic heterocycles. The lowest BCUT2D eigenvalue weighted by molar-refractivity contribution is -0.122. The molecule has 0 unspecified atom stereocenters. The fourth-order valence-corrected chi connectivity index (χ4v) is 3.51. The summed E-state index contributed by atoms with van der Waals surface area (Å²) in [5, 5.41) is 3.03. The Balaban J connectivity index is 1.63. The molecular weight excluding hydrogens is 352 g/mol. The first kappa shape index (κ1) is 20.3. The number of hydrogen-bond acceptors (Lipinski definition) is 5. The van der Waals surface area contributed by atoms with Crippen molar-refractivity contribution in [1.29, 1.82) is 0 Å². The van der Waals surface area contributed by atoms with Gasteiger partial charge in [-0.05, 0) is 45.1 Å². The largest absolute Gasteiger partial charge is 0.438 e. The van der Waals surface area contributed by atoms with Crippen LogP contribution in [0, 0.1) is 13.8 Å². The maximum Gasteiger partial charge on any atom is 0.224 e. The van der Waals surface area contributed by atoms with Gasteiger partial charge in [-0.2, -0.15) is 0 Å². The van der Waals surface area contributed by atoms with E-state index in [-0.39, 0.29) is 11.9 Å². The molecule has 1 fully saturated rings. The highest BCUT2D eigenvalue weighted by Crippen LogP contribution is 2.29. The van der Waals surface area contributed by atoms with Crippen molar-refractivity contribution < 1.29 is 9.53 Å². The number of amides is 1. The van der Waals surface area contributed by atoms with E-state index in [4.69, 9.17) is 4.74 Å². The quantitative estimate of drug-likeness (QED) is 0.833. The number of piperazine rings is 1. The van der Waals surface area contributed by atoms with Crippen molar-refractivity contribution in [3.05, 3.63) is 53.2 Å². The normalized spacial score (nSPS) is 18.1. The number of likely N-dealkylation sites (N-methyl/N-ethyl adjacent to an activating group) is 2. The van der Waals surface area contributed by atoms with Gasteiger partial charge in [-0.1, -0.05) is 24.3 Å². The van der Waals surface area contributed by atoms with Gasteiger partial charge in [-0.25, -0.2) is 4.98 Å². The lowest BCUT2D eigenvalue weighted by Crippen LogP contribution is -2.51. The SMILES string of the molecule is Cc1cccc(C)c1Oc1ncccc1CNC(=O)C[C@H]1CN(C)CCN1C. The number of nitrogens with one attached hydrogen (secondary N) is 1. The van der Waals surface area contributed by atoms with Gasteiger partial charge in [-0.15, -0.1) is 0 Å². The molecule has 1 N–H and O–H groups in total. The van der Waals surface area contributed by atoms with Crippen LogP contribution in [0.4, 0.5) is 0 Å². The highest BCUT2D eigenvalue weighted by atomic mass is 16.5. The minimum absolute atomic E-state index is 0.0500. The second-order valence-corrected chi connectivity index (χ2v) is 7.67. The molecule has 0 bridgehead atoms. The fourth-order valence-electron chi connectivity index (χ4n) is 3.51. The lowest BCUT2D eigenvalue weighted by Gasteiger charge is -2.37. The molecule has 1 aliphatic rings. The van der Waals surface area contributed by atoms with E-state index < -0.39 is 0 Å². The Morgan fingerprint density at radius 2 is 1.93 bits per heavy atom. The molecule has 1 aromatic heterocycles. The molecule has 1 aromatic carbocycles. The van der Waals surface area contributed by atoms with E-state index in [1.54, 1.807) is 6.20 Å². The molecular formula is C22H30N4O2. The Labute approximate surface area is 167 Å². The van der Waals surface area contributed by atoms with E-state index in [9.17, 15) is 4.79 Å². The highest BCUT2D eigenvalue weighted by Gasteiger charge is 2.24. The van der Waals surface area contributed by atoms with Gasteiger partial charge in [0, 0.05) is 50.4 Å². The van der Waals surface area contributed by atoms with Crippen molar-refractivity contribution >= 4 is 5.91 Å². The first-order chi connectivity index (χ1) is 13.4. The standard InChI is InChI=1S/C22H30N4O2/c1-16-7-5-8-17(2)21(16)28-22-18(9-6-10-23-22)14-24-20(27)13-19-15-25(3)11-12-26(19)4/h5-10,19H,11-15H2,1-4H3,(H,24,27)/t19-/m0/s1. The second-order valence-electron chi connectivity index (χ2n) is 7.67. The molecule has 1 saturated heterocycles. The summed E-state index contributed by atoms with van der Waals surface area (Å²) >= 11 is 0. The zero-order valence-corrected chi connectivity index (χ0v) is 17.2. The average Bonchev–Trinajstić information content (AvgIpc) is 2.67. The predicted octanol–water partition coefficient (Wildman–Crippen LogP) is 2.74. The van der Waals surface area contributed by atoms with Crippen LogP contribution >= 0.6 is 0 Å². The molecule has 3 rings (SSSR count). The minimum Gasteiger partial charge on any atom is -0.438 e. The summed E-state index contributed by atoms with van der Waals surface area (Å²) in [6.07, 6.45) is 2.20. The van der Waals surface area contributed by atoms with E-state index in [0.29, 0.717) is 18.8 Å². The summed E-state index contributed by atoms with van der Waals surface area (Å²) in [4.78, 5) is 21.4. The Hall–Kier alpha value is -2.44. The third-order valence-corrected chi connectivity index (χ3v) is 5.33. The highest BCUT2D eigenvalue weighted by molar-refractivity contribution is 5.76. The molecule has 2 heterocycles. The van der Waals surface area contributed by atoms with Crippen LogP contribution in [0.2, 0.25) is 0 Å². The van der Waals surface area contributed by atoms with Gasteiger partial charge in [-0.3, -0.25) is 4.79 Å². The van der Waals surface area contributed by atoms with Crippen LogP contribution in [0.5, 0.6) is 11.6 Å². The molecule has 1 atom stereocenters. The Kier molecular flexibility index (Phi) is 6.65. The summed E-state index contributed by atoms with van der Waals surface area (Å²) in [6.45, 7) is 7.39. The van der Waals surface area contributed by atoms with Crippen molar-refractivity contribution in [1.82, 2.24) is 20.1 Å². The number of aryl methyl sites for hydroxylation is 2. The van der Waals surface area contributed by atoms with Crippen molar-refractivity contribution in [2.45, 2.75) is 32.9 Å². The van der Waals surface area contributed by atoms with Crippen LogP contribution < -0.4 is 10.1 Å². The number of ether oxygens (including phenoxy) is 1. The fraction of sp³-hybridized carbons (Fsp3) is 0.455. The number of pyridine rings is 1. The first-order valence-corrected chi connectivity index (χ1v) is 9.77. The molecule has 150 valence electrons. The van der Waals surface area contributed by atoms with E-state index in [1.807, 2.05) is 44.2 Å². The summed E-state index contributed by atoms with van der Waals surface area (Å²) in [7, 11) is 4.19. The van der Waals surface area contributed by atoms with Crippen LogP contribution in [-0.2, 0) is 11.3 Å². The first-order valence-electron chi connectivity index (χ1n) is 9.77. The zero-order valence-electron chi connectivity index (χ0n) is 17.2. The number of carbonyl (C=O) groups is 1. The summed E-state index contributed by atoms with van der Waals surface area (Å²) in [5.74, 6) is 1.41. The second kappa shape index (κ2) is 9.17. The number of hydrogen-bond donors (Lipinski definition) is 1. The van der Waals surface area contributed by atoms with E-state index in [1.165, 1.54) is 0 Å². The Bertz CT molecular complexity index is 804. The number of para-hydroxylation sites is 1. The Morgan fingerprint density at radius 3 is 2.68 bits per heavy atom. The third-order valence-electron chi connectivity index (χ3n) is 5.33. The monoisotopic (exact) mass is 382 g/mol. The van der Waals surface area contributed by atoms with Crippen LogP contribution in [0.15, 0.2) is 36.5 Å². The third kappa shape index (κ3) is 5.09. The molecule has 6 heteroatoms. The number of nitrogens with zero attached hydrogens (tertiary/aromatic N) is 3. The van der Waals surface area contributed by atoms with Crippen molar-refractivity contribution in [3.8, 4) is 11.6 Å². The van der Waals surface area contributed by atoms with E-state index >= 15 is 0 Å². The molecule has 0 saturated carbocycles. The molecule has 28 heavy (non-hydrogen) atoms. The number of aromatic nitrogens is 1. The zero-order chi connectivity index (χ0) is 20.1. The molecule has 1 amide bonds. The minimum atomic E-state index is 0.0500. The van der Waals surface area contributed by atoms with Crippen molar-refractivity contribution in [2.75, 3.05) is 33.7 Å².